The highest BCUT2D eigenvalue weighted by atomic mass is 32.3. The largest absolute Gasteiger partial charge is 0.397 e. The SMILES string of the molecule is CCCCCCCCCCC/C=C\C/C=C\CCCCCCCCCC(=O)NC(COC1OC(CO)C(O)C(OS(=O)(=O)O)C1O)C(O)/C=C/CCCCCCCCCCCCCCCCCCCCC. The molecule has 7 atom stereocenters. The maximum atomic E-state index is 13.1. The van der Waals surface area contributed by atoms with Crippen LogP contribution in [0.3, 0.4) is 0 Å². The lowest BCUT2D eigenvalue weighted by atomic mass is 9.99. The predicted octanol–water partition coefficient (Wildman–Crippen LogP) is 13.8. The molecule has 0 spiro atoms. The minimum Gasteiger partial charge on any atom is -0.394 e. The number of aliphatic hydroxyl groups excluding tert-OH is 4. The minimum absolute atomic E-state index is 0.260. The molecule has 0 bridgehead atoms. The van der Waals surface area contributed by atoms with E-state index in [4.69, 9.17) is 9.47 Å². The molecule has 1 heterocycles. The first-order valence-electron chi connectivity index (χ1n) is 29.4. The van der Waals surface area contributed by atoms with Gasteiger partial charge in [-0.15, -0.1) is 0 Å². The van der Waals surface area contributed by atoms with Crippen LogP contribution in [0.4, 0.5) is 0 Å². The Labute approximate surface area is 435 Å². The molecule has 1 fully saturated rings. The average Bonchev–Trinajstić information content (AvgIpc) is 3.34. The zero-order chi connectivity index (χ0) is 51.9. The second-order valence-electron chi connectivity index (χ2n) is 20.6. The average molecular weight is 1030 g/mol. The van der Waals surface area contributed by atoms with Crippen molar-refractivity contribution in [2.75, 3.05) is 13.2 Å². The van der Waals surface area contributed by atoms with Crippen LogP contribution in [-0.4, -0.2) is 95.4 Å². The van der Waals surface area contributed by atoms with Crippen LogP contribution in [0.15, 0.2) is 36.5 Å². The molecule has 1 aliphatic rings. The lowest BCUT2D eigenvalue weighted by Crippen LogP contribution is -2.61. The highest BCUT2D eigenvalue weighted by molar-refractivity contribution is 7.80. The maximum Gasteiger partial charge on any atom is 0.397 e. The first kappa shape index (κ1) is 67.3. The van der Waals surface area contributed by atoms with E-state index < -0.39 is 59.9 Å². The number of carbonyl (C=O) groups is 1. The third-order valence-corrected chi connectivity index (χ3v) is 14.4. The summed E-state index contributed by atoms with van der Waals surface area (Å²) in [4.78, 5) is 13.1. The lowest BCUT2D eigenvalue weighted by Gasteiger charge is -2.41. The number of hydrogen-bond acceptors (Lipinski definition) is 10. The van der Waals surface area contributed by atoms with Gasteiger partial charge in [-0.05, 0) is 51.4 Å². The summed E-state index contributed by atoms with van der Waals surface area (Å²) >= 11 is 0. The molecule has 1 amide bonds. The van der Waals surface area contributed by atoms with Crippen molar-refractivity contribution < 1.29 is 51.8 Å². The van der Waals surface area contributed by atoms with Crippen LogP contribution in [0, 0.1) is 0 Å². The van der Waals surface area contributed by atoms with Gasteiger partial charge < -0.3 is 35.2 Å². The number of allylic oxidation sites excluding steroid dienone is 5. The van der Waals surface area contributed by atoms with E-state index in [0.29, 0.717) is 6.42 Å². The number of aliphatic hydroxyl groups is 4. The van der Waals surface area contributed by atoms with E-state index in [1.807, 2.05) is 6.08 Å². The number of carbonyl (C=O) groups excluding carboxylic acids is 1. The summed E-state index contributed by atoms with van der Waals surface area (Å²) in [6.07, 6.45) is 51.8. The Morgan fingerprint density at radius 3 is 1.34 bits per heavy atom. The summed E-state index contributed by atoms with van der Waals surface area (Å²) in [6, 6.07) is -0.949. The maximum absolute atomic E-state index is 13.1. The van der Waals surface area contributed by atoms with Gasteiger partial charge in [0.25, 0.3) is 0 Å². The van der Waals surface area contributed by atoms with Crippen molar-refractivity contribution >= 4 is 16.3 Å². The van der Waals surface area contributed by atoms with Crippen molar-refractivity contribution in [3.05, 3.63) is 36.5 Å². The van der Waals surface area contributed by atoms with Crippen molar-refractivity contribution in [2.45, 2.75) is 314 Å². The van der Waals surface area contributed by atoms with E-state index in [2.05, 4.69) is 47.7 Å². The molecule has 1 rings (SSSR count). The fraction of sp³-hybridized carbons (Fsp3) is 0.879. The van der Waals surface area contributed by atoms with Crippen LogP contribution in [0.25, 0.3) is 0 Å². The molecule has 6 N–H and O–H groups in total. The van der Waals surface area contributed by atoms with E-state index in [1.54, 1.807) is 6.08 Å². The van der Waals surface area contributed by atoms with Gasteiger partial charge in [-0.1, -0.05) is 249 Å². The Morgan fingerprint density at radius 2 is 0.944 bits per heavy atom. The van der Waals surface area contributed by atoms with Gasteiger partial charge in [-0.2, -0.15) is 8.42 Å². The van der Waals surface area contributed by atoms with Gasteiger partial charge in [0.05, 0.1) is 25.4 Å². The zero-order valence-electron chi connectivity index (χ0n) is 45.3. The number of rotatable bonds is 51. The van der Waals surface area contributed by atoms with Crippen molar-refractivity contribution in [1.29, 1.82) is 0 Å². The molecule has 1 saturated heterocycles. The number of nitrogens with one attached hydrogen (secondary N) is 1. The van der Waals surface area contributed by atoms with Gasteiger partial charge >= 0.3 is 10.4 Å². The van der Waals surface area contributed by atoms with Gasteiger partial charge in [0, 0.05) is 6.42 Å². The molecule has 0 aromatic carbocycles. The molecule has 0 aromatic rings. The van der Waals surface area contributed by atoms with Crippen LogP contribution in [0.1, 0.15) is 271 Å². The monoisotopic (exact) mass is 1030 g/mol. The molecule has 418 valence electrons. The van der Waals surface area contributed by atoms with E-state index >= 15 is 0 Å². The van der Waals surface area contributed by atoms with Crippen LogP contribution >= 0.6 is 0 Å². The van der Waals surface area contributed by atoms with Gasteiger partial charge in [-0.25, -0.2) is 4.18 Å². The molecule has 12 nitrogen and oxygen atoms in total. The second-order valence-corrected chi connectivity index (χ2v) is 21.6. The Bertz CT molecular complexity index is 1390. The van der Waals surface area contributed by atoms with Gasteiger partial charge in [0.2, 0.25) is 5.91 Å². The summed E-state index contributed by atoms with van der Waals surface area (Å²) in [5, 5.41) is 45.0. The number of unbranched alkanes of at least 4 members (excludes halogenated alkanes) is 35. The molecule has 13 heteroatoms. The normalized spacial score (nSPS) is 19.7. The van der Waals surface area contributed by atoms with Gasteiger partial charge in [0.15, 0.2) is 6.29 Å². The predicted molar refractivity (Wildman–Crippen MR) is 292 cm³/mol. The summed E-state index contributed by atoms with van der Waals surface area (Å²) in [5.74, 6) is -0.267. The molecule has 1 aliphatic heterocycles. The molecule has 0 saturated carbocycles. The van der Waals surface area contributed by atoms with Crippen molar-refractivity contribution in [2.24, 2.45) is 0 Å². The molecule has 0 radical (unpaired) electrons. The summed E-state index contributed by atoms with van der Waals surface area (Å²) in [7, 11) is -5.09. The molecule has 7 unspecified atom stereocenters. The Hall–Kier alpha value is -1.68. The van der Waals surface area contributed by atoms with Crippen molar-refractivity contribution in [3.8, 4) is 0 Å². The third kappa shape index (κ3) is 40.3. The highest BCUT2D eigenvalue weighted by Gasteiger charge is 2.48. The highest BCUT2D eigenvalue weighted by Crippen LogP contribution is 2.26. The van der Waals surface area contributed by atoms with Crippen LogP contribution < -0.4 is 5.32 Å². The zero-order valence-corrected chi connectivity index (χ0v) is 46.1. The molecular formula is C58H109NO11S. The Morgan fingerprint density at radius 1 is 0.563 bits per heavy atom. The standard InChI is InChI=1S/C58H109NO11S/c1-3-5-7-9-11-13-15-17-19-21-23-25-26-28-30-32-34-36-38-40-42-44-46-48-54(62)59-51(50-68-58-56(64)57(70-71(65,66)67)55(63)53(49-60)69-58)52(61)47-45-43-41-39-37-35-33-31-29-27-24-22-20-18-16-14-12-10-8-6-4-2/h23,25,28,30,45,47,51-53,55-58,60-61,63-64H,3-22,24,26-27,29,31-44,46,48-50H2,1-2H3,(H,59,62)(H,65,66,67)/b25-23-,30-28-,47-45+. The Kier molecular flexibility index (Phi) is 45.5. The van der Waals surface area contributed by atoms with Gasteiger partial charge in [-0.3, -0.25) is 9.35 Å². The first-order valence-corrected chi connectivity index (χ1v) is 30.7. The minimum atomic E-state index is -5.09. The lowest BCUT2D eigenvalue weighted by molar-refractivity contribution is -0.298. The van der Waals surface area contributed by atoms with Crippen molar-refractivity contribution in [3.63, 3.8) is 0 Å². The summed E-state index contributed by atoms with van der Waals surface area (Å²) < 4.78 is 47.9. The number of hydrogen-bond donors (Lipinski definition) is 6. The van der Waals surface area contributed by atoms with Gasteiger partial charge in [0.1, 0.15) is 24.4 Å². The van der Waals surface area contributed by atoms with E-state index in [0.717, 1.165) is 57.8 Å². The van der Waals surface area contributed by atoms with Crippen LogP contribution in [0.5, 0.6) is 0 Å². The quantitative estimate of drug-likeness (QED) is 0.0193. The number of amides is 1. The molecule has 71 heavy (non-hydrogen) atoms. The second kappa shape index (κ2) is 48.0. The van der Waals surface area contributed by atoms with E-state index in [-0.39, 0.29) is 18.9 Å². The fourth-order valence-corrected chi connectivity index (χ4v) is 9.88. The van der Waals surface area contributed by atoms with Crippen molar-refractivity contribution in [1.82, 2.24) is 5.32 Å². The Balaban J connectivity index is 2.39. The molecule has 0 aromatic heterocycles. The van der Waals surface area contributed by atoms with Crippen LogP contribution in [0.2, 0.25) is 0 Å². The molecular weight excluding hydrogens is 919 g/mol. The van der Waals surface area contributed by atoms with E-state index in [1.165, 1.54) is 186 Å². The topological polar surface area (TPSA) is 192 Å². The summed E-state index contributed by atoms with van der Waals surface area (Å²) in [6.45, 7) is 3.42. The number of ether oxygens (including phenoxy) is 2. The molecule has 0 aliphatic carbocycles. The fourth-order valence-electron chi connectivity index (χ4n) is 9.37. The van der Waals surface area contributed by atoms with Crippen LogP contribution in [-0.2, 0) is 28.9 Å². The smallest absolute Gasteiger partial charge is 0.394 e. The third-order valence-electron chi connectivity index (χ3n) is 13.9. The summed E-state index contributed by atoms with van der Waals surface area (Å²) in [5.41, 5.74) is 0. The first-order chi connectivity index (χ1) is 34.5. The van der Waals surface area contributed by atoms with E-state index in [9.17, 15) is 38.2 Å².